The van der Waals surface area contributed by atoms with Crippen LogP contribution in [0.3, 0.4) is 0 Å². The Labute approximate surface area is 167 Å². The van der Waals surface area contributed by atoms with E-state index in [-0.39, 0.29) is 5.91 Å². The zero-order valence-electron chi connectivity index (χ0n) is 17.2. The average Bonchev–Trinajstić information content (AvgIpc) is 2.64. The lowest BCUT2D eigenvalue weighted by atomic mass is 9.99. The Hall–Kier alpha value is -2.34. The number of amides is 1. The molecule has 6 heteroatoms. The van der Waals surface area contributed by atoms with Crippen molar-refractivity contribution in [2.45, 2.75) is 58.9 Å². The van der Waals surface area contributed by atoms with Gasteiger partial charge in [-0.1, -0.05) is 19.1 Å². The zero-order chi connectivity index (χ0) is 20.6. The van der Waals surface area contributed by atoms with E-state index in [1.807, 2.05) is 57.7 Å². The van der Waals surface area contributed by atoms with Crippen LogP contribution < -0.4 is 4.72 Å². The summed E-state index contributed by atoms with van der Waals surface area (Å²) in [5, 5.41) is 0. The number of nitrogens with zero attached hydrogens (tertiary/aromatic N) is 1. The number of hydrogen-bond acceptors (Lipinski definition) is 3. The van der Waals surface area contributed by atoms with E-state index in [1.165, 1.54) is 5.56 Å². The number of carbonyl (C=O) groups excluding carboxylic acids is 1. The molecular formula is C22H28N2O3S. The molecule has 1 amide bonds. The van der Waals surface area contributed by atoms with E-state index in [0.717, 1.165) is 34.2 Å². The van der Waals surface area contributed by atoms with Gasteiger partial charge in [0.25, 0.3) is 10.0 Å². The standard InChI is InChI=1S/C22H28N2O3S/c1-6-21(25)24-10-9-18-7-8-20(12-19(18)13-24)23-28(26,27)22-16(4)14(2)11-15(3)17(22)5/h7-8,11-12,23H,6,9-10,13H2,1-5H3. The summed E-state index contributed by atoms with van der Waals surface area (Å²) in [6.45, 7) is 10.6. The Morgan fingerprint density at radius 2 is 1.68 bits per heavy atom. The van der Waals surface area contributed by atoms with Crippen molar-refractivity contribution in [3.05, 3.63) is 57.6 Å². The van der Waals surface area contributed by atoms with Crippen LogP contribution in [0.1, 0.15) is 46.7 Å². The number of benzene rings is 2. The minimum Gasteiger partial charge on any atom is -0.338 e. The molecule has 0 aliphatic carbocycles. The fourth-order valence-corrected chi connectivity index (χ4v) is 5.51. The molecule has 0 atom stereocenters. The van der Waals surface area contributed by atoms with Crippen molar-refractivity contribution in [3.63, 3.8) is 0 Å². The first-order valence-electron chi connectivity index (χ1n) is 9.63. The summed E-state index contributed by atoms with van der Waals surface area (Å²) in [4.78, 5) is 14.2. The molecule has 1 N–H and O–H groups in total. The van der Waals surface area contributed by atoms with Crippen LogP contribution in [0.2, 0.25) is 0 Å². The van der Waals surface area contributed by atoms with Gasteiger partial charge in [-0.15, -0.1) is 0 Å². The van der Waals surface area contributed by atoms with Gasteiger partial charge in [0.05, 0.1) is 4.90 Å². The number of nitrogens with one attached hydrogen (secondary N) is 1. The van der Waals surface area contributed by atoms with Crippen molar-refractivity contribution < 1.29 is 13.2 Å². The first kappa shape index (κ1) is 20.4. The van der Waals surface area contributed by atoms with E-state index in [2.05, 4.69) is 4.72 Å². The van der Waals surface area contributed by atoms with Crippen LogP contribution in [0.5, 0.6) is 0 Å². The van der Waals surface area contributed by atoms with Crippen LogP contribution in [-0.4, -0.2) is 25.8 Å². The molecule has 0 spiro atoms. The average molecular weight is 401 g/mol. The first-order valence-corrected chi connectivity index (χ1v) is 11.1. The van der Waals surface area contributed by atoms with Crippen molar-refractivity contribution in [1.29, 1.82) is 0 Å². The largest absolute Gasteiger partial charge is 0.338 e. The smallest absolute Gasteiger partial charge is 0.262 e. The Kier molecular flexibility index (Phi) is 5.53. The molecular weight excluding hydrogens is 372 g/mol. The van der Waals surface area contributed by atoms with Gasteiger partial charge in [-0.2, -0.15) is 0 Å². The number of anilines is 1. The summed E-state index contributed by atoms with van der Waals surface area (Å²) in [6, 6.07) is 7.64. The topological polar surface area (TPSA) is 66.5 Å². The maximum Gasteiger partial charge on any atom is 0.262 e. The normalized spacial score (nSPS) is 14.0. The number of aryl methyl sites for hydroxylation is 2. The molecule has 3 rings (SSSR count). The molecule has 28 heavy (non-hydrogen) atoms. The third-order valence-electron chi connectivity index (χ3n) is 5.69. The van der Waals surface area contributed by atoms with E-state index >= 15 is 0 Å². The van der Waals surface area contributed by atoms with Crippen LogP contribution in [0, 0.1) is 27.7 Å². The molecule has 0 fully saturated rings. The predicted octanol–water partition coefficient (Wildman–Crippen LogP) is 4.02. The highest BCUT2D eigenvalue weighted by atomic mass is 32.2. The van der Waals surface area contributed by atoms with Crippen molar-refractivity contribution in [1.82, 2.24) is 4.90 Å². The number of rotatable bonds is 4. The van der Waals surface area contributed by atoms with Crippen LogP contribution in [0.15, 0.2) is 29.2 Å². The second kappa shape index (κ2) is 7.59. The van der Waals surface area contributed by atoms with E-state index < -0.39 is 10.0 Å². The fraction of sp³-hybridized carbons (Fsp3) is 0.409. The van der Waals surface area contributed by atoms with Gasteiger partial charge in [0.2, 0.25) is 5.91 Å². The number of fused-ring (bicyclic) bond motifs is 1. The fourth-order valence-electron chi connectivity index (χ4n) is 3.85. The quantitative estimate of drug-likeness (QED) is 0.843. The van der Waals surface area contributed by atoms with E-state index in [1.54, 1.807) is 6.07 Å². The maximum atomic E-state index is 13.2. The Balaban J connectivity index is 1.94. The minimum atomic E-state index is -3.71. The summed E-state index contributed by atoms with van der Waals surface area (Å²) in [5.74, 6) is 0.123. The highest BCUT2D eigenvalue weighted by Crippen LogP contribution is 2.29. The molecule has 1 aliphatic heterocycles. The van der Waals surface area contributed by atoms with Gasteiger partial charge >= 0.3 is 0 Å². The Bertz CT molecular complexity index is 1020. The summed E-state index contributed by atoms with van der Waals surface area (Å²) >= 11 is 0. The SMILES string of the molecule is CCC(=O)N1CCc2ccc(NS(=O)(=O)c3c(C)c(C)cc(C)c3C)cc2C1. The maximum absolute atomic E-state index is 13.2. The predicted molar refractivity (Wildman–Crippen MR) is 112 cm³/mol. The lowest BCUT2D eigenvalue weighted by Crippen LogP contribution is -2.35. The molecule has 0 saturated carbocycles. The monoisotopic (exact) mass is 400 g/mol. The summed E-state index contributed by atoms with van der Waals surface area (Å²) < 4.78 is 29.1. The Morgan fingerprint density at radius 1 is 1.04 bits per heavy atom. The molecule has 0 saturated heterocycles. The lowest BCUT2D eigenvalue weighted by Gasteiger charge is -2.29. The van der Waals surface area contributed by atoms with Crippen molar-refractivity contribution in [2.24, 2.45) is 0 Å². The number of sulfonamides is 1. The third-order valence-corrected chi connectivity index (χ3v) is 7.35. The molecule has 0 aromatic heterocycles. The van der Waals surface area contributed by atoms with Crippen LogP contribution >= 0.6 is 0 Å². The zero-order valence-corrected chi connectivity index (χ0v) is 18.0. The van der Waals surface area contributed by atoms with Gasteiger partial charge in [-0.05, 0) is 79.6 Å². The van der Waals surface area contributed by atoms with Gasteiger partial charge in [-0.25, -0.2) is 8.42 Å². The highest BCUT2D eigenvalue weighted by Gasteiger charge is 2.24. The molecule has 2 aromatic rings. The van der Waals surface area contributed by atoms with Crippen molar-refractivity contribution in [2.75, 3.05) is 11.3 Å². The highest BCUT2D eigenvalue weighted by molar-refractivity contribution is 7.92. The van der Waals surface area contributed by atoms with E-state index in [0.29, 0.717) is 30.1 Å². The summed E-state index contributed by atoms with van der Waals surface area (Å²) in [5.41, 5.74) is 6.17. The van der Waals surface area contributed by atoms with Crippen LogP contribution in [0.25, 0.3) is 0 Å². The third kappa shape index (κ3) is 3.78. The molecule has 1 aliphatic rings. The molecule has 5 nitrogen and oxygen atoms in total. The van der Waals surface area contributed by atoms with Gasteiger partial charge in [0.15, 0.2) is 0 Å². The molecule has 0 radical (unpaired) electrons. The van der Waals surface area contributed by atoms with Crippen molar-refractivity contribution >= 4 is 21.6 Å². The van der Waals surface area contributed by atoms with Gasteiger partial charge < -0.3 is 4.90 Å². The number of hydrogen-bond donors (Lipinski definition) is 1. The van der Waals surface area contributed by atoms with Crippen molar-refractivity contribution in [3.8, 4) is 0 Å². The lowest BCUT2D eigenvalue weighted by molar-refractivity contribution is -0.131. The molecule has 0 bridgehead atoms. The molecule has 2 aromatic carbocycles. The summed E-state index contributed by atoms with van der Waals surface area (Å²) in [6.07, 6.45) is 1.27. The van der Waals surface area contributed by atoms with E-state index in [4.69, 9.17) is 0 Å². The second-order valence-corrected chi connectivity index (χ2v) is 9.22. The number of carbonyl (C=O) groups is 1. The summed E-state index contributed by atoms with van der Waals surface area (Å²) in [7, 11) is -3.71. The van der Waals surface area contributed by atoms with E-state index in [9.17, 15) is 13.2 Å². The van der Waals surface area contributed by atoms with Gasteiger partial charge in [0.1, 0.15) is 0 Å². The molecule has 1 heterocycles. The second-order valence-electron chi connectivity index (χ2n) is 7.60. The first-order chi connectivity index (χ1) is 13.1. The van der Waals surface area contributed by atoms with Crippen LogP contribution in [0.4, 0.5) is 5.69 Å². The van der Waals surface area contributed by atoms with Gasteiger partial charge in [0, 0.05) is 25.2 Å². The molecule has 150 valence electrons. The Morgan fingerprint density at radius 3 is 2.29 bits per heavy atom. The van der Waals surface area contributed by atoms with Gasteiger partial charge in [-0.3, -0.25) is 9.52 Å². The molecule has 0 unspecified atom stereocenters. The van der Waals surface area contributed by atoms with Crippen LogP contribution in [-0.2, 0) is 27.8 Å². The minimum absolute atomic E-state index is 0.123.